The monoisotopic (exact) mass is 290 g/mol. The van der Waals surface area contributed by atoms with Crippen molar-refractivity contribution in [1.82, 2.24) is 5.32 Å². The van der Waals surface area contributed by atoms with Gasteiger partial charge in [0.2, 0.25) is 5.91 Å². The summed E-state index contributed by atoms with van der Waals surface area (Å²) in [6.45, 7) is 0.817. The summed E-state index contributed by atoms with van der Waals surface area (Å²) in [4.78, 5) is 12.0. The summed E-state index contributed by atoms with van der Waals surface area (Å²) in [6, 6.07) is 24.1. The molecule has 0 bridgehead atoms. The minimum absolute atomic E-state index is 0.0169. The molecular weight excluding hydrogens is 272 g/mol. The maximum atomic E-state index is 12.0. The first kappa shape index (κ1) is 14.1. The summed E-state index contributed by atoms with van der Waals surface area (Å²) < 4.78 is 0. The van der Waals surface area contributed by atoms with Gasteiger partial charge in [-0.1, -0.05) is 66.7 Å². The van der Waals surface area contributed by atoms with E-state index in [1.165, 1.54) is 0 Å². The summed E-state index contributed by atoms with van der Waals surface area (Å²) in [5.74, 6) is -0.0169. The summed E-state index contributed by atoms with van der Waals surface area (Å²) in [7, 11) is 0. The van der Waals surface area contributed by atoms with Crippen molar-refractivity contribution >= 4 is 22.4 Å². The number of fused-ring (bicyclic) bond motifs is 1. The van der Waals surface area contributed by atoms with Gasteiger partial charge in [-0.2, -0.15) is 0 Å². The third-order valence-electron chi connectivity index (χ3n) is 3.56. The largest absolute Gasteiger partial charge is 0.376 e. The summed E-state index contributed by atoms with van der Waals surface area (Å²) in [6.07, 6.45) is 0. The van der Waals surface area contributed by atoms with Crippen molar-refractivity contribution in [3.63, 3.8) is 0 Å². The lowest BCUT2D eigenvalue weighted by Gasteiger charge is -2.10. The number of anilines is 1. The Balaban J connectivity index is 1.58. The maximum Gasteiger partial charge on any atom is 0.239 e. The number of benzene rings is 3. The Hall–Kier alpha value is -2.81. The van der Waals surface area contributed by atoms with Gasteiger partial charge in [0.1, 0.15) is 0 Å². The van der Waals surface area contributed by atoms with Gasteiger partial charge in [-0.05, 0) is 17.0 Å². The van der Waals surface area contributed by atoms with Crippen LogP contribution in [0.2, 0.25) is 0 Å². The van der Waals surface area contributed by atoms with Crippen LogP contribution in [0.1, 0.15) is 5.56 Å². The molecule has 0 unspecified atom stereocenters. The molecule has 0 aliphatic carbocycles. The van der Waals surface area contributed by atoms with E-state index in [9.17, 15) is 4.79 Å². The molecule has 0 aliphatic rings. The molecule has 110 valence electrons. The van der Waals surface area contributed by atoms with Gasteiger partial charge in [-0.25, -0.2) is 0 Å². The molecule has 0 saturated heterocycles. The molecule has 0 spiro atoms. The first-order valence-corrected chi connectivity index (χ1v) is 7.35. The van der Waals surface area contributed by atoms with E-state index in [0.717, 1.165) is 22.0 Å². The topological polar surface area (TPSA) is 41.1 Å². The fourth-order valence-corrected chi connectivity index (χ4v) is 2.41. The van der Waals surface area contributed by atoms with Crippen LogP contribution < -0.4 is 10.6 Å². The molecule has 0 radical (unpaired) electrons. The van der Waals surface area contributed by atoms with E-state index in [1.807, 2.05) is 54.6 Å². The van der Waals surface area contributed by atoms with Crippen LogP contribution in [0, 0.1) is 0 Å². The Morgan fingerprint density at radius 2 is 1.55 bits per heavy atom. The van der Waals surface area contributed by atoms with Crippen LogP contribution in [0.25, 0.3) is 10.8 Å². The predicted octanol–water partition coefficient (Wildman–Crippen LogP) is 3.57. The first-order valence-electron chi connectivity index (χ1n) is 7.35. The van der Waals surface area contributed by atoms with Gasteiger partial charge in [-0.15, -0.1) is 0 Å². The van der Waals surface area contributed by atoms with Crippen LogP contribution >= 0.6 is 0 Å². The Bertz CT molecular complexity index is 763. The lowest BCUT2D eigenvalue weighted by molar-refractivity contribution is -0.119. The van der Waals surface area contributed by atoms with Crippen LogP contribution in [0.4, 0.5) is 5.69 Å². The fourth-order valence-electron chi connectivity index (χ4n) is 2.41. The first-order chi connectivity index (χ1) is 10.8. The van der Waals surface area contributed by atoms with E-state index in [-0.39, 0.29) is 12.5 Å². The molecule has 2 N–H and O–H groups in total. The highest BCUT2D eigenvalue weighted by molar-refractivity contribution is 5.95. The highest BCUT2D eigenvalue weighted by Gasteiger charge is 2.03. The van der Waals surface area contributed by atoms with Crippen molar-refractivity contribution in [2.75, 3.05) is 11.9 Å². The molecule has 0 heterocycles. The summed E-state index contributed by atoms with van der Waals surface area (Å²) in [5.41, 5.74) is 2.08. The molecule has 0 atom stereocenters. The molecule has 22 heavy (non-hydrogen) atoms. The van der Waals surface area contributed by atoms with Crippen molar-refractivity contribution < 1.29 is 4.79 Å². The van der Waals surface area contributed by atoms with Gasteiger partial charge in [0.25, 0.3) is 0 Å². The average Bonchev–Trinajstić information content (AvgIpc) is 2.59. The molecule has 3 aromatic carbocycles. The summed E-state index contributed by atoms with van der Waals surface area (Å²) >= 11 is 0. The second-order valence-corrected chi connectivity index (χ2v) is 5.14. The highest BCUT2D eigenvalue weighted by atomic mass is 16.1. The smallest absolute Gasteiger partial charge is 0.239 e. The summed E-state index contributed by atoms with van der Waals surface area (Å²) in [5, 5.41) is 8.42. The number of carbonyl (C=O) groups is 1. The molecule has 0 saturated carbocycles. The Morgan fingerprint density at radius 1 is 0.818 bits per heavy atom. The quantitative estimate of drug-likeness (QED) is 0.754. The van der Waals surface area contributed by atoms with Crippen molar-refractivity contribution in [1.29, 1.82) is 0 Å². The molecule has 3 nitrogen and oxygen atoms in total. The Labute approximate surface area is 130 Å². The number of nitrogens with one attached hydrogen (secondary N) is 2. The Morgan fingerprint density at radius 3 is 2.41 bits per heavy atom. The number of carbonyl (C=O) groups excluding carboxylic acids is 1. The van der Waals surface area contributed by atoms with Crippen LogP contribution in [-0.4, -0.2) is 12.5 Å². The molecule has 0 aliphatic heterocycles. The van der Waals surface area contributed by atoms with E-state index >= 15 is 0 Å². The molecule has 0 aromatic heterocycles. The molecule has 3 heteroatoms. The molecular formula is C19H18N2O. The van der Waals surface area contributed by atoms with Crippen LogP contribution in [0.5, 0.6) is 0 Å². The van der Waals surface area contributed by atoms with Crippen molar-refractivity contribution in [2.24, 2.45) is 0 Å². The van der Waals surface area contributed by atoms with Gasteiger partial charge in [-0.3, -0.25) is 4.79 Å². The SMILES string of the molecule is O=C(CNc1cccc2ccccc12)NCc1ccccc1. The zero-order valence-corrected chi connectivity index (χ0v) is 12.3. The predicted molar refractivity (Wildman–Crippen MR) is 90.7 cm³/mol. The molecule has 3 aromatic rings. The standard InChI is InChI=1S/C19H18N2O/c22-19(21-13-15-7-2-1-3-8-15)14-20-18-12-6-10-16-9-4-5-11-17(16)18/h1-12,20H,13-14H2,(H,21,22). The minimum atomic E-state index is -0.0169. The van der Waals surface area contributed by atoms with E-state index in [0.29, 0.717) is 6.54 Å². The number of hydrogen-bond acceptors (Lipinski definition) is 2. The second kappa shape index (κ2) is 6.76. The van der Waals surface area contributed by atoms with E-state index in [1.54, 1.807) is 0 Å². The van der Waals surface area contributed by atoms with Crippen molar-refractivity contribution in [3.05, 3.63) is 78.4 Å². The van der Waals surface area contributed by atoms with Gasteiger partial charge in [0.15, 0.2) is 0 Å². The molecule has 1 amide bonds. The van der Waals surface area contributed by atoms with Crippen molar-refractivity contribution in [3.8, 4) is 0 Å². The Kier molecular flexibility index (Phi) is 4.35. The highest BCUT2D eigenvalue weighted by Crippen LogP contribution is 2.22. The third-order valence-corrected chi connectivity index (χ3v) is 3.56. The van der Waals surface area contributed by atoms with Gasteiger partial charge in [0.05, 0.1) is 6.54 Å². The van der Waals surface area contributed by atoms with Gasteiger partial charge >= 0.3 is 0 Å². The number of rotatable bonds is 5. The molecule has 3 rings (SSSR count). The zero-order chi connectivity index (χ0) is 15.2. The number of hydrogen-bond donors (Lipinski definition) is 2. The minimum Gasteiger partial charge on any atom is -0.376 e. The van der Waals surface area contributed by atoms with Crippen LogP contribution in [0.3, 0.4) is 0 Å². The van der Waals surface area contributed by atoms with E-state index in [4.69, 9.17) is 0 Å². The normalized spacial score (nSPS) is 10.4. The average molecular weight is 290 g/mol. The van der Waals surface area contributed by atoms with Crippen molar-refractivity contribution in [2.45, 2.75) is 6.54 Å². The fraction of sp³-hybridized carbons (Fsp3) is 0.105. The van der Waals surface area contributed by atoms with Crippen LogP contribution in [-0.2, 0) is 11.3 Å². The van der Waals surface area contributed by atoms with E-state index in [2.05, 4.69) is 28.8 Å². The van der Waals surface area contributed by atoms with Crippen LogP contribution in [0.15, 0.2) is 72.8 Å². The lowest BCUT2D eigenvalue weighted by atomic mass is 10.1. The van der Waals surface area contributed by atoms with Gasteiger partial charge < -0.3 is 10.6 Å². The molecule has 0 fully saturated rings. The van der Waals surface area contributed by atoms with E-state index < -0.39 is 0 Å². The van der Waals surface area contributed by atoms with Gasteiger partial charge in [0, 0.05) is 17.6 Å². The third kappa shape index (κ3) is 3.44. The maximum absolute atomic E-state index is 12.0. The second-order valence-electron chi connectivity index (χ2n) is 5.14. The lowest BCUT2D eigenvalue weighted by Crippen LogP contribution is -2.29. The zero-order valence-electron chi connectivity index (χ0n) is 12.3. The number of amides is 1.